The van der Waals surface area contributed by atoms with Crippen LogP contribution >= 0.6 is 0 Å². The number of benzene rings is 1. The number of carbonyl (C=O) groups excluding carboxylic acids is 1. The number of likely N-dealkylation sites (tertiary alicyclic amines) is 1. The van der Waals surface area contributed by atoms with Crippen LogP contribution in [0.1, 0.15) is 29.0 Å². The van der Waals surface area contributed by atoms with E-state index in [-0.39, 0.29) is 5.91 Å². The minimum absolute atomic E-state index is 0.151. The van der Waals surface area contributed by atoms with Gasteiger partial charge in [0.2, 0.25) is 0 Å². The van der Waals surface area contributed by atoms with Gasteiger partial charge < -0.3 is 14.4 Å². The standard InChI is InChI=1S/C19H26N4O/c1-15-20-10-13-23(15)14-16-8-11-22(12-9-16)19(24)17-4-6-18(7-5-17)21(2)3/h4-7,10,13,16H,8-9,11-12,14H2,1-3H3. The zero-order valence-electron chi connectivity index (χ0n) is 14.8. The first-order chi connectivity index (χ1) is 11.5. The number of hydrogen-bond donors (Lipinski definition) is 0. The van der Waals surface area contributed by atoms with E-state index < -0.39 is 0 Å². The van der Waals surface area contributed by atoms with Crippen molar-refractivity contribution < 1.29 is 4.79 Å². The molecule has 2 aromatic rings. The van der Waals surface area contributed by atoms with E-state index in [1.807, 2.05) is 67.5 Å². The summed E-state index contributed by atoms with van der Waals surface area (Å²) >= 11 is 0. The quantitative estimate of drug-likeness (QED) is 0.867. The predicted octanol–water partition coefficient (Wildman–Crippen LogP) is 2.81. The smallest absolute Gasteiger partial charge is 0.253 e. The largest absolute Gasteiger partial charge is 0.378 e. The third-order valence-electron chi connectivity index (χ3n) is 4.91. The van der Waals surface area contributed by atoms with E-state index >= 15 is 0 Å². The minimum Gasteiger partial charge on any atom is -0.378 e. The molecule has 1 fully saturated rings. The molecule has 24 heavy (non-hydrogen) atoms. The van der Waals surface area contributed by atoms with Crippen LogP contribution in [0, 0.1) is 12.8 Å². The lowest BCUT2D eigenvalue weighted by Crippen LogP contribution is -2.39. The van der Waals surface area contributed by atoms with Crippen LogP contribution in [0.2, 0.25) is 0 Å². The fraction of sp³-hybridized carbons (Fsp3) is 0.474. The van der Waals surface area contributed by atoms with Crippen LogP contribution in [0.3, 0.4) is 0 Å². The maximum atomic E-state index is 12.7. The van der Waals surface area contributed by atoms with Crippen LogP contribution in [-0.2, 0) is 6.54 Å². The Labute approximate surface area is 143 Å². The summed E-state index contributed by atoms with van der Waals surface area (Å²) in [6.07, 6.45) is 6.00. The highest BCUT2D eigenvalue weighted by Gasteiger charge is 2.24. The number of nitrogens with zero attached hydrogens (tertiary/aromatic N) is 4. The third kappa shape index (κ3) is 3.61. The molecule has 0 unspecified atom stereocenters. The van der Waals surface area contributed by atoms with Gasteiger partial charge in [-0.05, 0) is 49.9 Å². The zero-order chi connectivity index (χ0) is 17.1. The van der Waals surface area contributed by atoms with E-state index in [0.29, 0.717) is 5.92 Å². The summed E-state index contributed by atoms with van der Waals surface area (Å²) in [4.78, 5) is 21.0. The van der Waals surface area contributed by atoms with Crippen molar-refractivity contribution in [3.05, 3.63) is 48.0 Å². The maximum Gasteiger partial charge on any atom is 0.253 e. The predicted molar refractivity (Wildman–Crippen MR) is 96.4 cm³/mol. The van der Waals surface area contributed by atoms with Gasteiger partial charge in [-0.2, -0.15) is 0 Å². The molecule has 0 aliphatic carbocycles. The van der Waals surface area contributed by atoms with Gasteiger partial charge in [-0.25, -0.2) is 4.98 Å². The molecule has 0 bridgehead atoms. The van der Waals surface area contributed by atoms with Gasteiger partial charge in [0, 0.05) is 57.4 Å². The molecule has 1 aliphatic rings. The lowest BCUT2D eigenvalue weighted by atomic mass is 9.96. The van der Waals surface area contributed by atoms with Crippen molar-refractivity contribution in [2.24, 2.45) is 5.92 Å². The summed E-state index contributed by atoms with van der Waals surface area (Å²) in [5, 5.41) is 0. The molecule has 1 amide bonds. The average molecular weight is 326 g/mol. The molecule has 1 saturated heterocycles. The highest BCUT2D eigenvalue weighted by Crippen LogP contribution is 2.22. The minimum atomic E-state index is 0.151. The monoisotopic (exact) mass is 326 g/mol. The number of hydrogen-bond acceptors (Lipinski definition) is 3. The molecule has 1 aromatic heterocycles. The van der Waals surface area contributed by atoms with Gasteiger partial charge in [0.05, 0.1) is 0 Å². The van der Waals surface area contributed by atoms with Gasteiger partial charge in [-0.1, -0.05) is 0 Å². The second kappa shape index (κ2) is 7.07. The summed E-state index contributed by atoms with van der Waals surface area (Å²) in [6.45, 7) is 4.72. The SMILES string of the molecule is Cc1nccn1CC1CCN(C(=O)c2ccc(N(C)C)cc2)CC1. The fourth-order valence-corrected chi connectivity index (χ4v) is 3.28. The number of aromatic nitrogens is 2. The highest BCUT2D eigenvalue weighted by molar-refractivity contribution is 5.94. The van der Waals surface area contributed by atoms with Crippen LogP contribution < -0.4 is 4.90 Å². The summed E-state index contributed by atoms with van der Waals surface area (Å²) in [7, 11) is 4.01. The van der Waals surface area contributed by atoms with Gasteiger partial charge >= 0.3 is 0 Å². The van der Waals surface area contributed by atoms with E-state index in [2.05, 4.69) is 9.55 Å². The number of anilines is 1. The second-order valence-corrected chi connectivity index (χ2v) is 6.80. The van der Waals surface area contributed by atoms with Crippen molar-refractivity contribution in [2.45, 2.75) is 26.3 Å². The van der Waals surface area contributed by atoms with Crippen LogP contribution in [-0.4, -0.2) is 47.5 Å². The molecular formula is C19H26N4O. The van der Waals surface area contributed by atoms with E-state index in [9.17, 15) is 4.79 Å². The number of imidazole rings is 1. The van der Waals surface area contributed by atoms with Crippen LogP contribution in [0.15, 0.2) is 36.7 Å². The van der Waals surface area contributed by atoms with Gasteiger partial charge in [0.1, 0.15) is 5.82 Å². The molecule has 0 atom stereocenters. The Morgan fingerprint density at radius 3 is 2.42 bits per heavy atom. The van der Waals surface area contributed by atoms with Crippen LogP contribution in [0.5, 0.6) is 0 Å². The Bertz CT molecular complexity index is 682. The third-order valence-corrected chi connectivity index (χ3v) is 4.91. The first-order valence-corrected chi connectivity index (χ1v) is 8.59. The number of rotatable bonds is 4. The fourth-order valence-electron chi connectivity index (χ4n) is 3.28. The summed E-state index contributed by atoms with van der Waals surface area (Å²) in [5.74, 6) is 1.84. The summed E-state index contributed by atoms with van der Waals surface area (Å²) in [6, 6.07) is 7.86. The molecule has 3 rings (SSSR count). The van der Waals surface area contributed by atoms with Gasteiger partial charge in [-0.3, -0.25) is 4.79 Å². The van der Waals surface area contributed by atoms with Gasteiger partial charge in [0.25, 0.3) is 5.91 Å². The molecule has 1 aromatic carbocycles. The number of aryl methyl sites for hydroxylation is 1. The van der Waals surface area contributed by atoms with E-state index in [0.717, 1.165) is 49.6 Å². The Morgan fingerprint density at radius 2 is 1.88 bits per heavy atom. The van der Waals surface area contributed by atoms with Crippen molar-refractivity contribution in [1.29, 1.82) is 0 Å². The maximum absolute atomic E-state index is 12.7. The molecule has 5 heteroatoms. The molecule has 128 valence electrons. The Kier molecular flexibility index (Phi) is 4.88. The van der Waals surface area contributed by atoms with Gasteiger partial charge in [-0.15, -0.1) is 0 Å². The Balaban J connectivity index is 1.56. The number of piperidine rings is 1. The van der Waals surface area contributed by atoms with Crippen LogP contribution in [0.4, 0.5) is 5.69 Å². The molecule has 5 nitrogen and oxygen atoms in total. The van der Waals surface area contributed by atoms with Crippen molar-refractivity contribution in [3.8, 4) is 0 Å². The lowest BCUT2D eigenvalue weighted by Gasteiger charge is -2.32. The molecule has 1 aliphatic heterocycles. The second-order valence-electron chi connectivity index (χ2n) is 6.80. The number of carbonyl (C=O) groups is 1. The van der Waals surface area contributed by atoms with Crippen molar-refractivity contribution in [2.75, 3.05) is 32.1 Å². The van der Waals surface area contributed by atoms with Gasteiger partial charge in [0.15, 0.2) is 0 Å². The molecule has 2 heterocycles. The lowest BCUT2D eigenvalue weighted by molar-refractivity contribution is 0.0682. The Morgan fingerprint density at radius 1 is 1.21 bits per heavy atom. The first-order valence-electron chi connectivity index (χ1n) is 8.59. The van der Waals surface area contributed by atoms with Crippen LogP contribution in [0.25, 0.3) is 0 Å². The van der Waals surface area contributed by atoms with Crippen molar-refractivity contribution in [3.63, 3.8) is 0 Å². The van der Waals surface area contributed by atoms with E-state index in [4.69, 9.17) is 0 Å². The van der Waals surface area contributed by atoms with E-state index in [1.165, 1.54) is 0 Å². The summed E-state index contributed by atoms with van der Waals surface area (Å²) < 4.78 is 2.21. The molecule has 0 radical (unpaired) electrons. The molecule has 0 spiro atoms. The van der Waals surface area contributed by atoms with Crippen molar-refractivity contribution in [1.82, 2.24) is 14.5 Å². The molecule has 0 saturated carbocycles. The van der Waals surface area contributed by atoms with Crippen molar-refractivity contribution >= 4 is 11.6 Å². The molecular weight excluding hydrogens is 300 g/mol. The highest BCUT2D eigenvalue weighted by atomic mass is 16.2. The zero-order valence-corrected chi connectivity index (χ0v) is 14.8. The topological polar surface area (TPSA) is 41.4 Å². The average Bonchev–Trinajstić information content (AvgIpc) is 3.00. The number of amides is 1. The Hall–Kier alpha value is -2.30. The van der Waals surface area contributed by atoms with E-state index in [1.54, 1.807) is 0 Å². The summed E-state index contributed by atoms with van der Waals surface area (Å²) in [5.41, 5.74) is 1.89. The first kappa shape index (κ1) is 16.6. The normalized spacial score (nSPS) is 15.5. The molecule has 0 N–H and O–H groups in total.